The predicted octanol–water partition coefficient (Wildman–Crippen LogP) is 4.41. The van der Waals surface area contributed by atoms with Crippen molar-refractivity contribution in [2.24, 2.45) is 11.3 Å². The molecule has 2 heteroatoms. The molecule has 1 rings (SSSR count). The van der Waals surface area contributed by atoms with Crippen molar-refractivity contribution in [1.29, 1.82) is 0 Å². The highest BCUT2D eigenvalue weighted by Gasteiger charge is 2.37. The van der Waals surface area contributed by atoms with Gasteiger partial charge in [-0.15, -0.1) is 0 Å². The number of unbranched alkanes of at least 4 members (excludes halogenated alkanes) is 1. The zero-order valence-electron chi connectivity index (χ0n) is 13.6. The summed E-state index contributed by atoms with van der Waals surface area (Å²) in [5.74, 6) is 0.691. The molecule has 1 aliphatic carbocycles. The van der Waals surface area contributed by atoms with Gasteiger partial charge in [0, 0.05) is 18.0 Å². The fourth-order valence-corrected chi connectivity index (χ4v) is 2.13. The van der Waals surface area contributed by atoms with Gasteiger partial charge in [0.25, 0.3) is 0 Å². The van der Waals surface area contributed by atoms with Crippen LogP contribution in [0.25, 0.3) is 0 Å². The Labute approximate surface area is 119 Å². The Morgan fingerprint density at radius 3 is 2.16 bits per heavy atom. The van der Waals surface area contributed by atoms with Gasteiger partial charge in [0.15, 0.2) is 0 Å². The Morgan fingerprint density at radius 2 is 1.74 bits per heavy atom. The minimum Gasteiger partial charge on any atom is -0.338 e. The van der Waals surface area contributed by atoms with Crippen LogP contribution in [-0.4, -0.2) is 22.9 Å². The van der Waals surface area contributed by atoms with E-state index in [1.165, 1.54) is 0 Å². The summed E-state index contributed by atoms with van der Waals surface area (Å²) in [5, 5.41) is 0. The van der Waals surface area contributed by atoms with E-state index in [1.54, 1.807) is 0 Å². The molecule has 0 unspecified atom stereocenters. The monoisotopic (exact) mass is 265 g/mol. The van der Waals surface area contributed by atoms with E-state index in [9.17, 15) is 4.79 Å². The summed E-state index contributed by atoms with van der Waals surface area (Å²) in [6, 6.07) is 0. The maximum absolute atomic E-state index is 12.3. The topological polar surface area (TPSA) is 20.3 Å². The van der Waals surface area contributed by atoms with Crippen LogP contribution < -0.4 is 0 Å². The number of hydrogen-bond acceptors (Lipinski definition) is 1. The van der Waals surface area contributed by atoms with Crippen LogP contribution in [0.15, 0.2) is 12.2 Å². The molecule has 110 valence electrons. The van der Waals surface area contributed by atoms with Crippen LogP contribution in [0.1, 0.15) is 67.2 Å². The smallest absolute Gasteiger partial charge is 0.226 e. The fraction of sp³-hybridized carbons (Fsp3) is 0.824. The van der Waals surface area contributed by atoms with Gasteiger partial charge >= 0.3 is 0 Å². The van der Waals surface area contributed by atoms with Crippen molar-refractivity contribution in [3.63, 3.8) is 0 Å². The molecule has 0 aromatic rings. The van der Waals surface area contributed by atoms with Crippen molar-refractivity contribution in [2.75, 3.05) is 6.54 Å². The van der Waals surface area contributed by atoms with E-state index in [0.717, 1.165) is 32.2 Å². The van der Waals surface area contributed by atoms with Gasteiger partial charge in [-0.25, -0.2) is 0 Å². The molecule has 0 aliphatic heterocycles. The molecular weight excluding hydrogens is 234 g/mol. The summed E-state index contributed by atoms with van der Waals surface area (Å²) < 4.78 is 0. The van der Waals surface area contributed by atoms with E-state index >= 15 is 0 Å². The molecule has 19 heavy (non-hydrogen) atoms. The summed E-state index contributed by atoms with van der Waals surface area (Å²) in [6.45, 7) is 13.9. The van der Waals surface area contributed by atoms with E-state index in [-0.39, 0.29) is 11.0 Å². The number of carbonyl (C=O) groups is 1. The molecule has 0 bridgehead atoms. The third-order valence-corrected chi connectivity index (χ3v) is 3.37. The first-order valence-corrected chi connectivity index (χ1v) is 7.60. The Balaban J connectivity index is 2.42. The van der Waals surface area contributed by atoms with Crippen molar-refractivity contribution in [2.45, 2.75) is 72.8 Å². The average molecular weight is 265 g/mol. The zero-order valence-corrected chi connectivity index (χ0v) is 13.6. The molecule has 1 saturated carbocycles. The molecule has 0 saturated heterocycles. The highest BCUT2D eigenvalue weighted by atomic mass is 16.2. The standard InChI is InChI=1S/C17H31NO/c1-16(2,3)12-8-7-9-13-18(17(4,5)6)15(19)14-10-11-14/h8,12,14H,7,9-11,13H2,1-6H3/b12-8-. The Kier molecular flexibility index (Phi) is 5.23. The number of hydrogen-bond donors (Lipinski definition) is 0. The van der Waals surface area contributed by atoms with E-state index < -0.39 is 0 Å². The molecule has 1 aliphatic rings. The van der Waals surface area contributed by atoms with Gasteiger partial charge in [0.1, 0.15) is 0 Å². The summed E-state index contributed by atoms with van der Waals surface area (Å²) in [4.78, 5) is 14.4. The highest BCUT2D eigenvalue weighted by molar-refractivity contribution is 5.81. The van der Waals surface area contributed by atoms with Gasteiger partial charge in [-0.3, -0.25) is 4.79 Å². The third-order valence-electron chi connectivity index (χ3n) is 3.37. The van der Waals surface area contributed by atoms with Crippen LogP contribution in [0.2, 0.25) is 0 Å². The van der Waals surface area contributed by atoms with Crippen molar-refractivity contribution in [1.82, 2.24) is 4.90 Å². The first-order valence-electron chi connectivity index (χ1n) is 7.60. The SMILES string of the molecule is CC(C)(C)/C=C\CCCN(C(=O)C1CC1)C(C)(C)C. The number of allylic oxidation sites excluding steroid dienone is 2. The highest BCUT2D eigenvalue weighted by Crippen LogP contribution is 2.33. The maximum atomic E-state index is 12.3. The summed E-state index contributed by atoms with van der Waals surface area (Å²) in [6.07, 6.45) is 8.81. The Bertz CT molecular complexity index is 326. The molecule has 0 spiro atoms. The second-order valence-corrected chi connectivity index (χ2v) is 7.85. The summed E-state index contributed by atoms with van der Waals surface area (Å²) >= 11 is 0. The normalized spacial score (nSPS) is 16.9. The van der Waals surface area contributed by atoms with E-state index in [1.807, 2.05) is 0 Å². The first-order chi connectivity index (χ1) is 8.61. The summed E-state index contributed by atoms with van der Waals surface area (Å²) in [5.41, 5.74) is 0.209. The quantitative estimate of drug-likeness (QED) is 0.533. The molecule has 0 N–H and O–H groups in total. The first kappa shape index (κ1) is 16.3. The molecule has 0 aromatic carbocycles. The number of amides is 1. The van der Waals surface area contributed by atoms with E-state index in [0.29, 0.717) is 11.8 Å². The largest absolute Gasteiger partial charge is 0.338 e. The third kappa shape index (κ3) is 6.26. The molecular formula is C17H31NO. The number of nitrogens with zero attached hydrogens (tertiary/aromatic N) is 1. The average Bonchev–Trinajstić information content (AvgIpc) is 3.02. The van der Waals surface area contributed by atoms with Crippen LogP contribution in [0.5, 0.6) is 0 Å². The van der Waals surface area contributed by atoms with Crippen LogP contribution in [0.4, 0.5) is 0 Å². The zero-order chi connectivity index (χ0) is 14.7. The maximum Gasteiger partial charge on any atom is 0.226 e. The van der Waals surface area contributed by atoms with Gasteiger partial charge in [0.05, 0.1) is 0 Å². The molecule has 1 fully saturated rings. The Hall–Kier alpha value is -0.790. The lowest BCUT2D eigenvalue weighted by molar-refractivity contribution is -0.137. The van der Waals surface area contributed by atoms with Crippen molar-refractivity contribution >= 4 is 5.91 Å². The number of carbonyl (C=O) groups excluding carboxylic acids is 1. The van der Waals surface area contributed by atoms with Crippen LogP contribution >= 0.6 is 0 Å². The lowest BCUT2D eigenvalue weighted by atomic mass is 9.96. The summed E-state index contributed by atoms with van der Waals surface area (Å²) in [7, 11) is 0. The van der Waals surface area contributed by atoms with Gasteiger partial charge < -0.3 is 4.90 Å². The number of rotatable bonds is 5. The van der Waals surface area contributed by atoms with Crippen LogP contribution in [-0.2, 0) is 4.79 Å². The minimum atomic E-state index is -0.0482. The van der Waals surface area contributed by atoms with E-state index in [4.69, 9.17) is 0 Å². The molecule has 0 heterocycles. The van der Waals surface area contributed by atoms with Crippen molar-refractivity contribution in [3.8, 4) is 0 Å². The predicted molar refractivity (Wildman–Crippen MR) is 82.0 cm³/mol. The van der Waals surface area contributed by atoms with Crippen molar-refractivity contribution < 1.29 is 4.79 Å². The molecule has 0 atom stereocenters. The molecule has 0 radical (unpaired) electrons. The molecule has 2 nitrogen and oxygen atoms in total. The second kappa shape index (κ2) is 6.11. The van der Waals surface area contributed by atoms with Gasteiger partial charge in [-0.2, -0.15) is 0 Å². The van der Waals surface area contributed by atoms with Crippen LogP contribution in [0, 0.1) is 11.3 Å². The van der Waals surface area contributed by atoms with Gasteiger partial charge in [-0.05, 0) is 51.9 Å². The minimum absolute atomic E-state index is 0.0482. The lowest BCUT2D eigenvalue weighted by Gasteiger charge is -2.36. The van der Waals surface area contributed by atoms with Gasteiger partial charge in [0.2, 0.25) is 5.91 Å². The Morgan fingerprint density at radius 1 is 1.16 bits per heavy atom. The lowest BCUT2D eigenvalue weighted by Crippen LogP contribution is -2.46. The van der Waals surface area contributed by atoms with Crippen molar-refractivity contribution in [3.05, 3.63) is 12.2 Å². The molecule has 1 amide bonds. The van der Waals surface area contributed by atoms with Gasteiger partial charge in [-0.1, -0.05) is 32.9 Å². The fourth-order valence-electron chi connectivity index (χ4n) is 2.13. The van der Waals surface area contributed by atoms with Crippen LogP contribution in [0.3, 0.4) is 0 Å². The molecule has 0 aromatic heterocycles. The second-order valence-electron chi connectivity index (χ2n) is 7.85. The van der Waals surface area contributed by atoms with E-state index in [2.05, 4.69) is 58.6 Å².